The summed E-state index contributed by atoms with van der Waals surface area (Å²) in [6.07, 6.45) is 0. The standard InChI is InChI=1S/C12H14O4.2Na/c1-8(2)12(10(13)14,11(15)16)9-6-4-3-5-7-9;;/h3-8H,1-2H3,(H,13,14)(H,15,16);;/q;2*+1/p-2. The maximum atomic E-state index is 11.2. The molecule has 86 valence electrons. The Balaban J connectivity index is 0. The third kappa shape index (κ3) is 3.59. The molecule has 0 spiro atoms. The first kappa shape index (κ1) is 20.5. The predicted molar refractivity (Wildman–Crippen MR) is 53.0 cm³/mol. The van der Waals surface area contributed by atoms with E-state index in [9.17, 15) is 19.8 Å². The number of rotatable bonds is 4. The maximum Gasteiger partial charge on any atom is 1.00 e. The van der Waals surface area contributed by atoms with E-state index in [1.54, 1.807) is 18.2 Å². The van der Waals surface area contributed by atoms with Crippen LogP contribution in [0.4, 0.5) is 0 Å². The summed E-state index contributed by atoms with van der Waals surface area (Å²) in [6.45, 7) is 3.02. The van der Waals surface area contributed by atoms with E-state index in [-0.39, 0.29) is 64.7 Å². The van der Waals surface area contributed by atoms with Crippen LogP contribution in [0.5, 0.6) is 0 Å². The molecule has 1 rings (SSSR count). The molecule has 18 heavy (non-hydrogen) atoms. The summed E-state index contributed by atoms with van der Waals surface area (Å²) in [6, 6.07) is 7.74. The van der Waals surface area contributed by atoms with Crippen LogP contribution >= 0.6 is 0 Å². The zero-order chi connectivity index (χ0) is 12.3. The molecule has 0 amide bonds. The Bertz CT molecular complexity index is 390. The zero-order valence-corrected chi connectivity index (χ0v) is 15.1. The van der Waals surface area contributed by atoms with Crippen molar-refractivity contribution in [2.75, 3.05) is 0 Å². The van der Waals surface area contributed by atoms with E-state index in [4.69, 9.17) is 0 Å². The van der Waals surface area contributed by atoms with Crippen LogP contribution in [0.2, 0.25) is 0 Å². The number of carbonyl (C=O) groups excluding carboxylic acids is 2. The van der Waals surface area contributed by atoms with Gasteiger partial charge in [0.1, 0.15) is 0 Å². The second kappa shape index (κ2) is 8.35. The molecule has 0 saturated carbocycles. The van der Waals surface area contributed by atoms with Gasteiger partial charge in [0, 0.05) is 0 Å². The van der Waals surface area contributed by atoms with Gasteiger partial charge in [-0.2, -0.15) is 0 Å². The van der Waals surface area contributed by atoms with Crippen molar-refractivity contribution in [1.29, 1.82) is 0 Å². The van der Waals surface area contributed by atoms with E-state index >= 15 is 0 Å². The molecule has 0 unspecified atom stereocenters. The first-order chi connectivity index (χ1) is 7.44. The minimum Gasteiger partial charge on any atom is -0.549 e. The SMILES string of the molecule is CC(C)C(C(=O)[O-])(C(=O)[O-])c1ccccc1.[Na+].[Na+]. The smallest absolute Gasteiger partial charge is 0.549 e. The average molecular weight is 266 g/mol. The molecule has 4 nitrogen and oxygen atoms in total. The largest absolute Gasteiger partial charge is 1.00 e. The molecule has 0 heterocycles. The second-order valence-corrected chi connectivity index (χ2v) is 3.90. The van der Waals surface area contributed by atoms with Gasteiger partial charge in [0.25, 0.3) is 0 Å². The van der Waals surface area contributed by atoms with E-state index in [0.29, 0.717) is 0 Å². The van der Waals surface area contributed by atoms with Crippen LogP contribution < -0.4 is 69.3 Å². The van der Waals surface area contributed by atoms with Gasteiger partial charge >= 0.3 is 59.1 Å². The minimum atomic E-state index is -2.10. The first-order valence-electron chi connectivity index (χ1n) is 4.92. The number of benzene rings is 1. The van der Waals surface area contributed by atoms with Crippen LogP contribution in [0.1, 0.15) is 19.4 Å². The number of hydrogen-bond acceptors (Lipinski definition) is 4. The van der Waals surface area contributed by atoms with E-state index in [2.05, 4.69) is 0 Å². The fourth-order valence-corrected chi connectivity index (χ4v) is 1.82. The topological polar surface area (TPSA) is 80.3 Å². The molecule has 6 heteroatoms. The summed E-state index contributed by atoms with van der Waals surface area (Å²) >= 11 is 0. The molecule has 0 aliphatic heterocycles. The second-order valence-electron chi connectivity index (χ2n) is 3.90. The Morgan fingerprint density at radius 2 is 1.39 bits per heavy atom. The van der Waals surface area contributed by atoms with Crippen LogP contribution in [0.3, 0.4) is 0 Å². The van der Waals surface area contributed by atoms with E-state index < -0.39 is 23.3 Å². The summed E-state index contributed by atoms with van der Waals surface area (Å²) < 4.78 is 0. The normalized spacial score (nSPS) is 10.2. The van der Waals surface area contributed by atoms with Crippen LogP contribution in [0, 0.1) is 5.92 Å². The molecule has 1 aromatic rings. The third-order valence-electron chi connectivity index (χ3n) is 2.74. The third-order valence-corrected chi connectivity index (χ3v) is 2.74. The molecule has 0 aliphatic carbocycles. The van der Waals surface area contributed by atoms with Crippen molar-refractivity contribution in [3.05, 3.63) is 35.9 Å². The van der Waals surface area contributed by atoms with Gasteiger partial charge < -0.3 is 19.8 Å². The summed E-state index contributed by atoms with van der Waals surface area (Å²) in [5.74, 6) is -3.95. The molecule has 1 aromatic carbocycles. The van der Waals surface area contributed by atoms with Gasteiger partial charge in [0.15, 0.2) is 0 Å². The van der Waals surface area contributed by atoms with Gasteiger partial charge in [0.05, 0.1) is 17.4 Å². The summed E-state index contributed by atoms with van der Waals surface area (Å²) in [4.78, 5) is 22.3. The van der Waals surface area contributed by atoms with Crippen molar-refractivity contribution >= 4 is 11.9 Å². The van der Waals surface area contributed by atoms with Gasteiger partial charge in [0.2, 0.25) is 0 Å². The molecule has 0 saturated heterocycles. The minimum absolute atomic E-state index is 0. The summed E-state index contributed by atoms with van der Waals surface area (Å²) in [5, 5.41) is 22.3. The quantitative estimate of drug-likeness (QED) is 0.401. The Labute approximate surface area is 150 Å². The van der Waals surface area contributed by atoms with Crippen molar-refractivity contribution in [2.45, 2.75) is 19.3 Å². The molecule has 0 atom stereocenters. The van der Waals surface area contributed by atoms with Crippen molar-refractivity contribution in [3.8, 4) is 0 Å². The Morgan fingerprint density at radius 3 is 1.67 bits per heavy atom. The van der Waals surface area contributed by atoms with Crippen LogP contribution in [-0.2, 0) is 15.0 Å². The Morgan fingerprint density at radius 1 is 1.00 bits per heavy atom. The predicted octanol–water partition coefficient (Wildman–Crippen LogP) is -6.91. The monoisotopic (exact) mass is 266 g/mol. The van der Waals surface area contributed by atoms with Gasteiger partial charge in [-0.3, -0.25) is 0 Å². The molecule has 0 aliphatic rings. The molecule has 0 fully saturated rings. The fraction of sp³-hybridized carbons (Fsp3) is 0.333. The van der Waals surface area contributed by atoms with Crippen LogP contribution in [0.15, 0.2) is 30.3 Å². The number of carbonyl (C=O) groups is 2. The van der Waals surface area contributed by atoms with Gasteiger partial charge in [-0.05, 0) is 11.5 Å². The van der Waals surface area contributed by atoms with E-state index in [1.165, 1.54) is 26.0 Å². The van der Waals surface area contributed by atoms with Gasteiger partial charge in [-0.15, -0.1) is 0 Å². The summed E-state index contributed by atoms with van der Waals surface area (Å²) in [7, 11) is 0. The van der Waals surface area contributed by atoms with Gasteiger partial charge in [-0.25, -0.2) is 0 Å². The van der Waals surface area contributed by atoms with Gasteiger partial charge in [-0.1, -0.05) is 44.2 Å². The van der Waals surface area contributed by atoms with Crippen molar-refractivity contribution in [2.24, 2.45) is 5.92 Å². The maximum absolute atomic E-state index is 11.2. The Kier molecular flexibility index (Phi) is 9.50. The van der Waals surface area contributed by atoms with Crippen LogP contribution in [0.25, 0.3) is 0 Å². The average Bonchev–Trinajstić information content (AvgIpc) is 2.18. The van der Waals surface area contributed by atoms with Crippen molar-refractivity contribution in [1.82, 2.24) is 0 Å². The number of hydrogen-bond donors (Lipinski definition) is 0. The number of carboxylic acid groups (broad SMARTS) is 2. The number of aliphatic carboxylic acids is 2. The summed E-state index contributed by atoms with van der Waals surface area (Å²) in [5.41, 5.74) is -1.92. The molecule has 0 aromatic heterocycles. The molecular formula is C12H12Na2O4. The Hall–Kier alpha value is 0.160. The molecule has 0 bridgehead atoms. The van der Waals surface area contributed by atoms with Crippen LogP contribution in [-0.4, -0.2) is 11.9 Å². The molecule has 0 N–H and O–H groups in total. The fourth-order valence-electron chi connectivity index (χ4n) is 1.82. The number of carboxylic acids is 2. The molecule has 0 radical (unpaired) electrons. The van der Waals surface area contributed by atoms with Crippen molar-refractivity contribution in [3.63, 3.8) is 0 Å². The molecular weight excluding hydrogens is 254 g/mol. The van der Waals surface area contributed by atoms with E-state index in [1.807, 2.05) is 0 Å². The van der Waals surface area contributed by atoms with E-state index in [0.717, 1.165) is 0 Å². The van der Waals surface area contributed by atoms with Crippen molar-refractivity contribution < 1.29 is 78.9 Å². The zero-order valence-electron chi connectivity index (χ0n) is 11.1. The first-order valence-corrected chi connectivity index (χ1v) is 4.92.